The molecule has 3 amide bonds. The van der Waals surface area contributed by atoms with Gasteiger partial charge in [0.1, 0.15) is 5.69 Å². The van der Waals surface area contributed by atoms with Crippen molar-refractivity contribution in [3.8, 4) is 0 Å². The SMILES string of the molecule is CN(C(=O)Nc1cc(C(=O)Nc2cc(F)c(F)c(F)c2)n(C)n1)C1CC1. The molecule has 0 radical (unpaired) electrons. The zero-order valence-electron chi connectivity index (χ0n) is 14.0. The lowest BCUT2D eigenvalue weighted by molar-refractivity contribution is 0.101. The van der Waals surface area contributed by atoms with E-state index in [9.17, 15) is 22.8 Å². The van der Waals surface area contributed by atoms with Gasteiger partial charge in [0.2, 0.25) is 0 Å². The fourth-order valence-corrected chi connectivity index (χ4v) is 2.39. The van der Waals surface area contributed by atoms with Crippen LogP contribution in [-0.2, 0) is 7.05 Å². The Morgan fingerprint density at radius 3 is 2.35 bits per heavy atom. The summed E-state index contributed by atoms with van der Waals surface area (Å²) in [6, 6.07) is 2.52. The Hall–Kier alpha value is -3.04. The summed E-state index contributed by atoms with van der Waals surface area (Å²) < 4.78 is 40.6. The lowest BCUT2D eigenvalue weighted by atomic mass is 10.2. The third-order valence-corrected chi connectivity index (χ3v) is 4.00. The molecule has 26 heavy (non-hydrogen) atoms. The van der Waals surface area contributed by atoms with Gasteiger partial charge in [0, 0.05) is 44.0 Å². The molecule has 3 rings (SSSR count). The Morgan fingerprint density at radius 2 is 1.77 bits per heavy atom. The Labute approximate surface area is 146 Å². The third-order valence-electron chi connectivity index (χ3n) is 4.00. The first-order valence-corrected chi connectivity index (χ1v) is 7.80. The van der Waals surface area contributed by atoms with E-state index in [1.54, 1.807) is 11.9 Å². The van der Waals surface area contributed by atoms with E-state index in [0.717, 1.165) is 12.8 Å². The molecule has 0 spiro atoms. The maximum atomic E-state index is 13.2. The molecule has 2 aromatic rings. The number of nitrogens with one attached hydrogen (secondary N) is 2. The smallest absolute Gasteiger partial charge is 0.323 e. The maximum Gasteiger partial charge on any atom is 0.323 e. The number of carbonyl (C=O) groups excluding carboxylic acids is 2. The molecule has 1 aromatic heterocycles. The van der Waals surface area contributed by atoms with E-state index < -0.39 is 23.4 Å². The maximum absolute atomic E-state index is 13.2. The molecule has 1 aromatic carbocycles. The van der Waals surface area contributed by atoms with Crippen molar-refractivity contribution in [2.75, 3.05) is 17.7 Å². The summed E-state index contributed by atoms with van der Waals surface area (Å²) in [5, 5.41) is 8.84. The van der Waals surface area contributed by atoms with Gasteiger partial charge in [-0.1, -0.05) is 0 Å². The van der Waals surface area contributed by atoms with Crippen LogP contribution in [-0.4, -0.2) is 39.7 Å². The van der Waals surface area contributed by atoms with Gasteiger partial charge in [-0.15, -0.1) is 0 Å². The Bertz CT molecular complexity index is 856. The van der Waals surface area contributed by atoms with Crippen LogP contribution in [0.4, 0.5) is 29.5 Å². The van der Waals surface area contributed by atoms with E-state index >= 15 is 0 Å². The summed E-state index contributed by atoms with van der Waals surface area (Å²) >= 11 is 0. The van der Waals surface area contributed by atoms with Gasteiger partial charge in [-0.05, 0) is 12.8 Å². The molecule has 1 aliphatic carbocycles. The van der Waals surface area contributed by atoms with Crippen molar-refractivity contribution < 1.29 is 22.8 Å². The lowest BCUT2D eigenvalue weighted by Gasteiger charge is -2.15. The number of benzene rings is 1. The van der Waals surface area contributed by atoms with Crippen LogP contribution in [0, 0.1) is 17.5 Å². The van der Waals surface area contributed by atoms with Crippen molar-refractivity contribution in [2.24, 2.45) is 7.05 Å². The first kappa shape index (κ1) is 17.8. The zero-order chi connectivity index (χ0) is 19.0. The highest BCUT2D eigenvalue weighted by Crippen LogP contribution is 2.26. The fraction of sp³-hybridized carbons (Fsp3) is 0.312. The summed E-state index contributed by atoms with van der Waals surface area (Å²) in [5.74, 6) is -5.01. The standard InChI is InChI=1S/C16H16F3N5O2/c1-23(9-3-4-9)16(26)21-13-7-12(24(2)22-13)15(25)20-8-5-10(17)14(19)11(18)6-8/h5-7,9H,3-4H2,1-2H3,(H,20,25)(H,21,22,26). The predicted octanol–water partition coefficient (Wildman–Crippen LogP) is 2.72. The molecule has 10 heteroatoms. The molecule has 1 fully saturated rings. The van der Waals surface area contributed by atoms with Crippen LogP contribution < -0.4 is 10.6 Å². The van der Waals surface area contributed by atoms with Crippen molar-refractivity contribution in [2.45, 2.75) is 18.9 Å². The quantitative estimate of drug-likeness (QED) is 0.816. The molecule has 0 atom stereocenters. The van der Waals surface area contributed by atoms with Crippen molar-refractivity contribution in [1.82, 2.24) is 14.7 Å². The molecule has 2 N–H and O–H groups in total. The highest BCUT2D eigenvalue weighted by Gasteiger charge is 2.30. The largest absolute Gasteiger partial charge is 0.325 e. The topological polar surface area (TPSA) is 79.3 Å². The zero-order valence-corrected chi connectivity index (χ0v) is 14.0. The predicted molar refractivity (Wildman–Crippen MR) is 87.3 cm³/mol. The van der Waals surface area contributed by atoms with Gasteiger partial charge in [0.05, 0.1) is 0 Å². The molecule has 1 saturated carbocycles. The number of anilines is 2. The average molecular weight is 367 g/mol. The number of urea groups is 1. The normalized spacial score (nSPS) is 13.4. The fourth-order valence-electron chi connectivity index (χ4n) is 2.39. The molecule has 0 saturated heterocycles. The van der Waals surface area contributed by atoms with Crippen LogP contribution in [0.5, 0.6) is 0 Å². The monoisotopic (exact) mass is 367 g/mol. The second-order valence-electron chi connectivity index (χ2n) is 6.02. The van der Waals surface area contributed by atoms with E-state index in [1.165, 1.54) is 17.8 Å². The molecule has 1 heterocycles. The molecule has 0 unspecified atom stereocenters. The minimum absolute atomic E-state index is 0.0412. The first-order chi connectivity index (χ1) is 12.3. The van der Waals surface area contributed by atoms with Crippen molar-refractivity contribution in [1.29, 1.82) is 0 Å². The number of nitrogens with zero attached hydrogens (tertiary/aromatic N) is 3. The summed E-state index contributed by atoms with van der Waals surface area (Å²) in [6.07, 6.45) is 1.90. The Kier molecular flexibility index (Phi) is 4.58. The van der Waals surface area contributed by atoms with Crippen LogP contribution in [0.1, 0.15) is 23.3 Å². The molecular weight excluding hydrogens is 351 g/mol. The summed E-state index contributed by atoms with van der Waals surface area (Å²) in [5.41, 5.74) is -0.203. The number of carbonyl (C=O) groups is 2. The van der Waals surface area contributed by atoms with Gasteiger partial charge in [-0.2, -0.15) is 5.10 Å². The first-order valence-electron chi connectivity index (χ1n) is 7.80. The number of hydrogen-bond donors (Lipinski definition) is 2. The third kappa shape index (κ3) is 3.63. The van der Waals surface area contributed by atoms with Crippen LogP contribution in [0.15, 0.2) is 18.2 Å². The molecule has 138 valence electrons. The van der Waals surface area contributed by atoms with Gasteiger partial charge in [-0.3, -0.25) is 14.8 Å². The lowest BCUT2D eigenvalue weighted by Crippen LogP contribution is -2.33. The molecule has 7 nitrogen and oxygen atoms in total. The number of halogens is 3. The average Bonchev–Trinajstić information content (AvgIpc) is 3.35. The Morgan fingerprint density at radius 1 is 1.15 bits per heavy atom. The number of amides is 3. The minimum Gasteiger partial charge on any atom is -0.325 e. The van der Waals surface area contributed by atoms with Crippen LogP contribution >= 0.6 is 0 Å². The molecule has 1 aliphatic rings. The van der Waals surface area contributed by atoms with E-state index in [2.05, 4.69) is 15.7 Å². The Balaban J connectivity index is 1.72. The van der Waals surface area contributed by atoms with Crippen LogP contribution in [0.2, 0.25) is 0 Å². The van der Waals surface area contributed by atoms with Gasteiger partial charge in [0.25, 0.3) is 5.91 Å². The van der Waals surface area contributed by atoms with E-state index in [0.29, 0.717) is 12.1 Å². The van der Waals surface area contributed by atoms with Crippen molar-refractivity contribution >= 4 is 23.4 Å². The van der Waals surface area contributed by atoms with Gasteiger partial charge in [-0.25, -0.2) is 18.0 Å². The number of hydrogen-bond acceptors (Lipinski definition) is 3. The highest BCUT2D eigenvalue weighted by atomic mass is 19.2. The van der Waals surface area contributed by atoms with E-state index in [1.807, 2.05) is 0 Å². The number of rotatable bonds is 4. The van der Waals surface area contributed by atoms with Gasteiger partial charge >= 0.3 is 6.03 Å². The summed E-state index contributed by atoms with van der Waals surface area (Å²) in [6.45, 7) is 0. The second kappa shape index (κ2) is 6.70. The summed E-state index contributed by atoms with van der Waals surface area (Å²) in [4.78, 5) is 25.8. The van der Waals surface area contributed by atoms with Crippen LogP contribution in [0.25, 0.3) is 0 Å². The number of aromatic nitrogens is 2. The van der Waals surface area contributed by atoms with Gasteiger partial charge < -0.3 is 10.2 Å². The van der Waals surface area contributed by atoms with Gasteiger partial charge in [0.15, 0.2) is 23.3 Å². The molecular formula is C16H16F3N5O2. The van der Waals surface area contributed by atoms with Crippen molar-refractivity contribution in [3.05, 3.63) is 41.3 Å². The van der Waals surface area contributed by atoms with E-state index in [4.69, 9.17) is 0 Å². The highest BCUT2D eigenvalue weighted by molar-refractivity contribution is 6.04. The minimum atomic E-state index is -1.62. The van der Waals surface area contributed by atoms with Crippen LogP contribution in [0.3, 0.4) is 0 Å². The molecule has 0 bridgehead atoms. The second-order valence-corrected chi connectivity index (χ2v) is 6.02. The van der Waals surface area contributed by atoms with E-state index in [-0.39, 0.29) is 29.3 Å². The van der Waals surface area contributed by atoms with Crippen molar-refractivity contribution in [3.63, 3.8) is 0 Å². The molecule has 0 aliphatic heterocycles. The number of aryl methyl sites for hydroxylation is 1. The summed E-state index contributed by atoms with van der Waals surface area (Å²) in [7, 11) is 3.14.